The first-order valence-corrected chi connectivity index (χ1v) is 9.76. The topological polar surface area (TPSA) is 67.1 Å². The van der Waals surface area contributed by atoms with Crippen LogP contribution in [0.15, 0.2) is 71.3 Å². The number of aryl methyl sites for hydroxylation is 2. The third kappa shape index (κ3) is 3.57. The van der Waals surface area contributed by atoms with Crippen molar-refractivity contribution in [2.75, 3.05) is 16.8 Å². The number of aromatic nitrogens is 3. The highest BCUT2D eigenvalue weighted by Crippen LogP contribution is 2.33. The lowest BCUT2D eigenvalue weighted by atomic mass is 10.0. The van der Waals surface area contributed by atoms with E-state index in [1.165, 1.54) is 11.3 Å². The van der Waals surface area contributed by atoms with Gasteiger partial charge in [0.15, 0.2) is 5.82 Å². The number of hydrogen-bond donors (Lipinski definition) is 1. The minimum absolute atomic E-state index is 0.630. The molecule has 3 heterocycles. The van der Waals surface area contributed by atoms with E-state index in [9.17, 15) is 0 Å². The van der Waals surface area contributed by atoms with Crippen LogP contribution in [0, 0.1) is 6.92 Å². The van der Waals surface area contributed by atoms with Gasteiger partial charge in [-0.2, -0.15) is 4.98 Å². The smallest absolute Gasteiger partial charge is 0.232 e. The van der Waals surface area contributed by atoms with E-state index in [4.69, 9.17) is 14.5 Å². The molecule has 1 aliphatic rings. The average Bonchev–Trinajstić information content (AvgIpc) is 3.18. The predicted molar refractivity (Wildman–Crippen MR) is 114 cm³/mol. The number of para-hydroxylation sites is 1. The Morgan fingerprint density at radius 2 is 1.76 bits per heavy atom. The van der Waals surface area contributed by atoms with Gasteiger partial charge in [0.25, 0.3) is 0 Å². The molecule has 0 unspecified atom stereocenters. The average molecular weight is 383 g/mol. The zero-order valence-electron chi connectivity index (χ0n) is 16.2. The van der Waals surface area contributed by atoms with E-state index >= 15 is 0 Å². The summed E-state index contributed by atoms with van der Waals surface area (Å²) in [6.45, 7) is 2.75. The van der Waals surface area contributed by atoms with E-state index in [1.807, 2.05) is 37.3 Å². The van der Waals surface area contributed by atoms with E-state index < -0.39 is 0 Å². The van der Waals surface area contributed by atoms with Crippen LogP contribution >= 0.6 is 0 Å². The van der Waals surface area contributed by atoms with E-state index in [-0.39, 0.29) is 0 Å². The molecule has 1 aliphatic heterocycles. The van der Waals surface area contributed by atoms with Crippen LogP contribution in [0.2, 0.25) is 0 Å². The van der Waals surface area contributed by atoms with Gasteiger partial charge in [0.2, 0.25) is 5.95 Å². The molecule has 0 fully saturated rings. The molecule has 0 amide bonds. The van der Waals surface area contributed by atoms with Crippen LogP contribution in [0.3, 0.4) is 0 Å². The number of nitrogens with zero attached hydrogens (tertiary/aromatic N) is 4. The maximum atomic E-state index is 5.18. The maximum Gasteiger partial charge on any atom is 0.232 e. The molecule has 0 atom stereocenters. The van der Waals surface area contributed by atoms with Crippen LogP contribution in [0.25, 0.3) is 11.3 Å². The number of fused-ring (bicyclic) bond motifs is 1. The minimum Gasteiger partial charge on any atom is -0.360 e. The SMILES string of the molecule is Cc1cc(Nc2cc(-c3ccccc3)nc(N3CCCc4ccccc43)n2)no1. The molecule has 0 saturated carbocycles. The quantitative estimate of drug-likeness (QED) is 0.518. The normalized spacial score (nSPS) is 13.2. The Balaban J connectivity index is 1.60. The Hall–Kier alpha value is -3.67. The van der Waals surface area contributed by atoms with Gasteiger partial charge in [-0.15, -0.1) is 0 Å². The molecule has 4 aromatic rings. The molecule has 6 heteroatoms. The molecule has 2 aromatic carbocycles. The summed E-state index contributed by atoms with van der Waals surface area (Å²) in [5, 5.41) is 7.29. The maximum absolute atomic E-state index is 5.18. The molecule has 2 aromatic heterocycles. The standard InChI is InChI=1S/C23H21N5O/c1-16-14-22(27-29-16)25-21-15-19(17-8-3-2-4-9-17)24-23(26-21)28-13-7-11-18-10-5-6-12-20(18)28/h2-6,8-10,12,14-15H,7,11,13H2,1H3,(H,24,25,26,27). The Labute approximate surface area is 169 Å². The van der Waals surface area contributed by atoms with Crippen LogP contribution in [0.1, 0.15) is 17.7 Å². The lowest BCUT2D eigenvalue weighted by Gasteiger charge is -2.29. The first kappa shape index (κ1) is 17.4. The van der Waals surface area contributed by atoms with Crippen molar-refractivity contribution in [3.63, 3.8) is 0 Å². The molecule has 144 valence electrons. The predicted octanol–water partition coefficient (Wildman–Crippen LogP) is 5.27. The molecule has 5 rings (SSSR count). The zero-order chi connectivity index (χ0) is 19.6. The Bertz CT molecular complexity index is 1140. The summed E-state index contributed by atoms with van der Waals surface area (Å²) in [6, 6.07) is 22.4. The molecular formula is C23H21N5O. The fraction of sp³-hybridized carbons (Fsp3) is 0.174. The molecule has 0 saturated heterocycles. The summed E-state index contributed by atoms with van der Waals surface area (Å²) >= 11 is 0. The Morgan fingerprint density at radius 1 is 0.931 bits per heavy atom. The first-order chi connectivity index (χ1) is 14.3. The van der Waals surface area contributed by atoms with Crippen LogP contribution < -0.4 is 10.2 Å². The van der Waals surface area contributed by atoms with E-state index in [0.717, 1.165) is 36.4 Å². The summed E-state index contributed by atoms with van der Waals surface area (Å²) in [6.07, 6.45) is 2.15. The highest BCUT2D eigenvalue weighted by molar-refractivity contribution is 5.70. The largest absolute Gasteiger partial charge is 0.360 e. The summed E-state index contributed by atoms with van der Waals surface area (Å²) in [5.41, 5.74) is 4.41. The van der Waals surface area contributed by atoms with E-state index in [2.05, 4.69) is 51.8 Å². The fourth-order valence-corrected chi connectivity index (χ4v) is 3.67. The number of hydrogen-bond acceptors (Lipinski definition) is 6. The van der Waals surface area contributed by atoms with Crippen molar-refractivity contribution in [2.45, 2.75) is 19.8 Å². The Kier molecular flexibility index (Phi) is 4.44. The van der Waals surface area contributed by atoms with Crippen molar-refractivity contribution in [3.05, 3.63) is 78.1 Å². The molecule has 6 nitrogen and oxygen atoms in total. The zero-order valence-corrected chi connectivity index (χ0v) is 16.2. The number of rotatable bonds is 4. The van der Waals surface area contributed by atoms with Gasteiger partial charge in [-0.05, 0) is 31.4 Å². The van der Waals surface area contributed by atoms with Gasteiger partial charge >= 0.3 is 0 Å². The van der Waals surface area contributed by atoms with Crippen LogP contribution in [-0.4, -0.2) is 21.7 Å². The number of benzene rings is 2. The fourth-order valence-electron chi connectivity index (χ4n) is 3.67. The molecule has 1 N–H and O–H groups in total. The molecule has 0 spiro atoms. The highest BCUT2D eigenvalue weighted by Gasteiger charge is 2.21. The van der Waals surface area contributed by atoms with Gasteiger partial charge in [0.1, 0.15) is 11.6 Å². The molecule has 0 bridgehead atoms. The molecule has 0 radical (unpaired) electrons. The van der Waals surface area contributed by atoms with Crippen LogP contribution in [0.5, 0.6) is 0 Å². The second-order valence-electron chi connectivity index (χ2n) is 7.14. The third-order valence-electron chi connectivity index (χ3n) is 5.02. The van der Waals surface area contributed by atoms with Gasteiger partial charge in [-0.25, -0.2) is 4.98 Å². The van der Waals surface area contributed by atoms with Gasteiger partial charge < -0.3 is 14.7 Å². The second kappa shape index (κ2) is 7.39. The lowest BCUT2D eigenvalue weighted by molar-refractivity contribution is 0.400. The molecule has 0 aliphatic carbocycles. The van der Waals surface area contributed by atoms with Crippen molar-refractivity contribution >= 4 is 23.3 Å². The number of anilines is 4. The summed E-state index contributed by atoms with van der Waals surface area (Å²) in [4.78, 5) is 11.9. The monoisotopic (exact) mass is 383 g/mol. The first-order valence-electron chi connectivity index (χ1n) is 9.76. The van der Waals surface area contributed by atoms with Crippen molar-refractivity contribution < 1.29 is 4.52 Å². The molecular weight excluding hydrogens is 362 g/mol. The van der Waals surface area contributed by atoms with Crippen LogP contribution in [0.4, 0.5) is 23.3 Å². The van der Waals surface area contributed by atoms with Gasteiger partial charge in [0.05, 0.1) is 5.69 Å². The van der Waals surface area contributed by atoms with Crippen molar-refractivity contribution in [3.8, 4) is 11.3 Å². The summed E-state index contributed by atoms with van der Waals surface area (Å²) < 4.78 is 5.18. The lowest BCUT2D eigenvalue weighted by Crippen LogP contribution is -2.26. The van der Waals surface area contributed by atoms with Crippen molar-refractivity contribution in [2.24, 2.45) is 0 Å². The highest BCUT2D eigenvalue weighted by atomic mass is 16.5. The van der Waals surface area contributed by atoms with E-state index in [0.29, 0.717) is 17.6 Å². The van der Waals surface area contributed by atoms with Crippen LogP contribution in [-0.2, 0) is 6.42 Å². The summed E-state index contributed by atoms with van der Waals surface area (Å²) in [5.74, 6) is 2.74. The molecule has 29 heavy (non-hydrogen) atoms. The number of nitrogens with one attached hydrogen (secondary N) is 1. The van der Waals surface area contributed by atoms with Gasteiger partial charge in [0, 0.05) is 29.9 Å². The summed E-state index contributed by atoms with van der Waals surface area (Å²) in [7, 11) is 0. The van der Waals surface area contributed by atoms with Gasteiger partial charge in [-0.1, -0.05) is 53.7 Å². The van der Waals surface area contributed by atoms with Crippen molar-refractivity contribution in [1.29, 1.82) is 0 Å². The minimum atomic E-state index is 0.630. The van der Waals surface area contributed by atoms with Crippen molar-refractivity contribution in [1.82, 2.24) is 15.1 Å². The van der Waals surface area contributed by atoms with E-state index in [1.54, 1.807) is 0 Å². The Morgan fingerprint density at radius 3 is 2.59 bits per heavy atom. The van der Waals surface area contributed by atoms with Gasteiger partial charge in [-0.3, -0.25) is 0 Å². The second-order valence-corrected chi connectivity index (χ2v) is 7.14. The third-order valence-corrected chi connectivity index (χ3v) is 5.02.